The van der Waals surface area contributed by atoms with Gasteiger partial charge in [-0.15, -0.1) is 16.8 Å². The maximum atomic E-state index is 12.5. The lowest BCUT2D eigenvalue weighted by molar-refractivity contribution is -0.113. The zero-order valence-corrected chi connectivity index (χ0v) is 17.9. The molecule has 3 heterocycles. The third kappa shape index (κ3) is 3.99. The highest BCUT2D eigenvalue weighted by atomic mass is 32.2. The van der Waals surface area contributed by atoms with Gasteiger partial charge in [0.2, 0.25) is 12.7 Å². The summed E-state index contributed by atoms with van der Waals surface area (Å²) >= 11 is 2.76. The SMILES string of the molecule is C=CCn1c(SCC(=O)Nc2nc3ccccc3s2)nnc1-c1ccc2c(c1)OCO2. The van der Waals surface area contributed by atoms with Crippen LogP contribution in [-0.2, 0) is 11.3 Å². The lowest BCUT2D eigenvalue weighted by Crippen LogP contribution is -2.14. The highest BCUT2D eigenvalue weighted by Crippen LogP contribution is 2.36. The largest absolute Gasteiger partial charge is 0.454 e. The van der Waals surface area contributed by atoms with E-state index in [9.17, 15) is 4.79 Å². The van der Waals surface area contributed by atoms with Gasteiger partial charge in [0.25, 0.3) is 0 Å². The molecule has 2 aromatic carbocycles. The minimum atomic E-state index is -0.151. The Kier molecular flexibility index (Phi) is 5.31. The standard InChI is InChI=1S/C21H17N5O3S2/c1-2-9-26-19(13-7-8-15-16(10-13)29-12-28-15)24-25-21(26)30-11-18(27)23-20-22-14-5-3-4-6-17(14)31-20/h2-8,10H,1,9,11-12H2,(H,22,23,27). The number of anilines is 1. The van der Waals surface area contributed by atoms with Crippen LogP contribution in [0.15, 0.2) is 60.3 Å². The summed E-state index contributed by atoms with van der Waals surface area (Å²) in [6.07, 6.45) is 1.77. The number of hydrogen-bond donors (Lipinski definition) is 1. The van der Waals surface area contributed by atoms with Crippen molar-refractivity contribution in [2.75, 3.05) is 17.9 Å². The Morgan fingerprint density at radius 3 is 2.97 bits per heavy atom. The van der Waals surface area contributed by atoms with Crippen LogP contribution < -0.4 is 14.8 Å². The second-order valence-corrected chi connectivity index (χ2v) is 8.57. The second kappa shape index (κ2) is 8.40. The lowest BCUT2D eigenvalue weighted by atomic mass is 10.2. The van der Waals surface area contributed by atoms with E-state index in [0.717, 1.165) is 15.8 Å². The van der Waals surface area contributed by atoms with Crippen LogP contribution in [0.1, 0.15) is 0 Å². The van der Waals surface area contributed by atoms with E-state index in [1.165, 1.54) is 23.1 Å². The summed E-state index contributed by atoms with van der Waals surface area (Å²) < 4.78 is 13.8. The summed E-state index contributed by atoms with van der Waals surface area (Å²) in [7, 11) is 0. The topological polar surface area (TPSA) is 91.2 Å². The number of nitrogens with one attached hydrogen (secondary N) is 1. The molecular weight excluding hydrogens is 434 g/mol. The van der Waals surface area contributed by atoms with E-state index < -0.39 is 0 Å². The molecule has 0 spiro atoms. The van der Waals surface area contributed by atoms with Crippen LogP contribution >= 0.6 is 23.1 Å². The van der Waals surface area contributed by atoms with Crippen LogP contribution in [0.3, 0.4) is 0 Å². The molecular formula is C21H17N5O3S2. The fraction of sp³-hybridized carbons (Fsp3) is 0.143. The first-order chi connectivity index (χ1) is 15.2. The maximum Gasteiger partial charge on any atom is 0.236 e. The average molecular weight is 452 g/mol. The number of amides is 1. The summed E-state index contributed by atoms with van der Waals surface area (Å²) in [6.45, 7) is 4.55. The van der Waals surface area contributed by atoms with Crippen LogP contribution in [-0.4, -0.2) is 38.2 Å². The first-order valence-electron chi connectivity index (χ1n) is 9.43. The Morgan fingerprint density at radius 1 is 1.23 bits per heavy atom. The van der Waals surface area contributed by atoms with Gasteiger partial charge in [-0.25, -0.2) is 4.98 Å². The first kappa shape index (κ1) is 19.6. The molecule has 8 nitrogen and oxygen atoms in total. The molecule has 1 N–H and O–H groups in total. The number of benzene rings is 2. The van der Waals surface area contributed by atoms with Gasteiger partial charge in [-0.1, -0.05) is 41.3 Å². The second-order valence-electron chi connectivity index (χ2n) is 6.60. The number of aromatic nitrogens is 4. The van der Waals surface area contributed by atoms with Gasteiger partial charge in [0.1, 0.15) is 0 Å². The molecule has 0 unspecified atom stereocenters. The highest BCUT2D eigenvalue weighted by molar-refractivity contribution is 7.99. The molecule has 0 aliphatic carbocycles. The number of para-hydroxylation sites is 1. The maximum absolute atomic E-state index is 12.5. The first-order valence-corrected chi connectivity index (χ1v) is 11.2. The van der Waals surface area contributed by atoms with Crippen molar-refractivity contribution in [3.05, 3.63) is 55.1 Å². The predicted octanol–water partition coefficient (Wildman–Crippen LogP) is 4.20. The summed E-state index contributed by atoms with van der Waals surface area (Å²) in [4.78, 5) is 16.9. The molecule has 1 aliphatic rings. The predicted molar refractivity (Wildman–Crippen MR) is 121 cm³/mol. The molecule has 1 amide bonds. The van der Waals surface area contributed by atoms with Crippen molar-refractivity contribution < 1.29 is 14.3 Å². The third-order valence-corrected chi connectivity index (χ3v) is 6.45. The molecule has 1 aliphatic heterocycles. The zero-order valence-electron chi connectivity index (χ0n) is 16.3. The lowest BCUT2D eigenvalue weighted by Gasteiger charge is -2.08. The number of carbonyl (C=O) groups excluding carboxylic acids is 1. The Labute approximate surface area is 185 Å². The molecule has 5 rings (SSSR count). The van der Waals surface area contributed by atoms with E-state index in [1.54, 1.807) is 6.08 Å². The van der Waals surface area contributed by atoms with Crippen molar-refractivity contribution in [3.8, 4) is 22.9 Å². The van der Waals surface area contributed by atoms with Crippen molar-refractivity contribution in [1.29, 1.82) is 0 Å². The van der Waals surface area contributed by atoms with Gasteiger partial charge < -0.3 is 14.8 Å². The van der Waals surface area contributed by atoms with Crippen LogP contribution in [0, 0.1) is 0 Å². The molecule has 0 bridgehead atoms. The van der Waals surface area contributed by atoms with Crippen molar-refractivity contribution in [1.82, 2.24) is 19.7 Å². The molecule has 0 atom stereocenters. The smallest absolute Gasteiger partial charge is 0.236 e. The fourth-order valence-electron chi connectivity index (χ4n) is 3.15. The van der Waals surface area contributed by atoms with Crippen molar-refractivity contribution in [2.45, 2.75) is 11.7 Å². The monoisotopic (exact) mass is 451 g/mol. The van der Waals surface area contributed by atoms with Gasteiger partial charge in [-0.05, 0) is 30.3 Å². The summed E-state index contributed by atoms with van der Waals surface area (Å²) in [5.74, 6) is 2.09. The number of hydrogen-bond acceptors (Lipinski definition) is 8. The fourth-order valence-corrected chi connectivity index (χ4v) is 4.78. The van der Waals surface area contributed by atoms with Crippen molar-refractivity contribution >= 4 is 44.4 Å². The van der Waals surface area contributed by atoms with Gasteiger partial charge >= 0.3 is 0 Å². The Balaban J connectivity index is 1.31. The Morgan fingerprint density at radius 2 is 2.10 bits per heavy atom. The number of rotatable bonds is 7. The minimum absolute atomic E-state index is 0.151. The zero-order chi connectivity index (χ0) is 21.2. The summed E-state index contributed by atoms with van der Waals surface area (Å²) in [5.41, 5.74) is 1.72. The molecule has 2 aromatic heterocycles. The molecule has 4 aromatic rings. The third-order valence-electron chi connectivity index (χ3n) is 4.53. The molecule has 0 fully saturated rings. The number of ether oxygens (including phenoxy) is 2. The van der Waals surface area contributed by atoms with Gasteiger partial charge in [0, 0.05) is 12.1 Å². The number of fused-ring (bicyclic) bond motifs is 2. The average Bonchev–Trinajstić information content (AvgIpc) is 3.49. The molecule has 0 saturated carbocycles. The van der Waals surface area contributed by atoms with Crippen LogP contribution in [0.25, 0.3) is 21.6 Å². The number of nitrogens with zero attached hydrogens (tertiary/aromatic N) is 4. The number of carbonyl (C=O) groups is 1. The van der Waals surface area contributed by atoms with Gasteiger partial charge in [-0.3, -0.25) is 9.36 Å². The van der Waals surface area contributed by atoms with Crippen molar-refractivity contribution in [3.63, 3.8) is 0 Å². The quantitative estimate of drug-likeness (QED) is 0.333. The van der Waals surface area contributed by atoms with E-state index in [1.807, 2.05) is 47.0 Å². The van der Waals surface area contributed by atoms with Crippen LogP contribution in [0.5, 0.6) is 11.5 Å². The molecule has 31 heavy (non-hydrogen) atoms. The van der Waals surface area contributed by atoms with Crippen molar-refractivity contribution in [2.24, 2.45) is 0 Å². The van der Waals surface area contributed by atoms with Crippen LogP contribution in [0.2, 0.25) is 0 Å². The Bertz CT molecular complexity index is 1250. The van der Waals surface area contributed by atoms with Crippen LogP contribution in [0.4, 0.5) is 5.13 Å². The number of thioether (sulfide) groups is 1. The van der Waals surface area contributed by atoms with E-state index in [0.29, 0.717) is 34.2 Å². The Hall–Kier alpha value is -3.37. The van der Waals surface area contributed by atoms with Gasteiger partial charge in [0.05, 0.1) is 16.0 Å². The normalized spacial score (nSPS) is 12.3. The van der Waals surface area contributed by atoms with E-state index in [-0.39, 0.29) is 18.5 Å². The molecule has 156 valence electrons. The van der Waals surface area contributed by atoms with E-state index >= 15 is 0 Å². The van der Waals surface area contributed by atoms with Gasteiger partial charge in [0.15, 0.2) is 27.6 Å². The molecule has 10 heteroatoms. The van der Waals surface area contributed by atoms with E-state index in [2.05, 4.69) is 27.1 Å². The number of thiazole rings is 1. The summed E-state index contributed by atoms with van der Waals surface area (Å²) in [6, 6.07) is 13.4. The molecule has 0 radical (unpaired) electrons. The van der Waals surface area contributed by atoms with Gasteiger partial charge in [-0.2, -0.15) is 0 Å². The minimum Gasteiger partial charge on any atom is -0.454 e. The summed E-state index contributed by atoms with van der Waals surface area (Å²) in [5, 5.41) is 12.7. The highest BCUT2D eigenvalue weighted by Gasteiger charge is 2.19. The van der Waals surface area contributed by atoms with E-state index in [4.69, 9.17) is 9.47 Å². The molecule has 0 saturated heterocycles. The number of allylic oxidation sites excluding steroid dienone is 1.